The highest BCUT2D eigenvalue weighted by molar-refractivity contribution is 14.1. The third-order valence-electron chi connectivity index (χ3n) is 2.65. The van der Waals surface area contributed by atoms with Gasteiger partial charge in [0, 0.05) is 22.1 Å². The van der Waals surface area contributed by atoms with Crippen LogP contribution in [0.15, 0.2) is 24.3 Å². The first-order chi connectivity index (χ1) is 7.58. The van der Waals surface area contributed by atoms with Crippen molar-refractivity contribution in [3.63, 3.8) is 0 Å². The maximum Gasteiger partial charge on any atom is 0.260 e. The highest BCUT2D eigenvalue weighted by Gasteiger charge is 2.31. The van der Waals surface area contributed by atoms with Crippen LogP contribution >= 0.6 is 22.6 Å². The van der Waals surface area contributed by atoms with Crippen LogP contribution in [0.2, 0.25) is 0 Å². The lowest BCUT2D eigenvalue weighted by Crippen LogP contribution is -2.32. The lowest BCUT2D eigenvalue weighted by atomic mass is 10.2. The fourth-order valence-electron chi connectivity index (χ4n) is 1.83. The molecule has 3 nitrogen and oxygen atoms in total. The minimum Gasteiger partial charge on any atom is -0.278 e. The van der Waals surface area contributed by atoms with Gasteiger partial charge in [0.2, 0.25) is 5.91 Å². The number of nitrogens with zero attached hydrogens (tertiary/aromatic N) is 1. The average molecular weight is 329 g/mol. The van der Waals surface area contributed by atoms with Gasteiger partial charge < -0.3 is 0 Å². The average Bonchev–Trinajstić information content (AvgIpc) is 2.58. The summed E-state index contributed by atoms with van der Waals surface area (Å²) in [6, 6.07) is 7.27. The van der Waals surface area contributed by atoms with Crippen LogP contribution in [0, 0.1) is 9.49 Å². The molecule has 4 heteroatoms. The zero-order valence-corrected chi connectivity index (χ0v) is 11.1. The second-order valence-electron chi connectivity index (χ2n) is 4.13. The quantitative estimate of drug-likeness (QED) is 0.586. The first-order valence-electron chi connectivity index (χ1n) is 5.18. The van der Waals surface area contributed by atoms with Crippen molar-refractivity contribution in [1.29, 1.82) is 0 Å². The molecule has 0 saturated carbocycles. The Bertz CT molecular complexity index is 427. The second-order valence-corrected chi connectivity index (χ2v) is 5.37. The Morgan fingerprint density at radius 2 is 2.00 bits per heavy atom. The predicted molar refractivity (Wildman–Crippen MR) is 69.0 cm³/mol. The Hall–Kier alpha value is -0.910. The topological polar surface area (TPSA) is 37.4 Å². The largest absolute Gasteiger partial charge is 0.278 e. The molecule has 0 bridgehead atoms. The highest BCUT2D eigenvalue weighted by atomic mass is 127. The maximum atomic E-state index is 12.0. The summed E-state index contributed by atoms with van der Waals surface area (Å²) >= 11 is 2.18. The molecular formula is C12H12INO2. The Balaban J connectivity index is 2.19. The molecule has 16 heavy (non-hydrogen) atoms. The number of halogens is 1. The predicted octanol–water partition coefficient (Wildman–Crippen LogP) is 2.30. The summed E-state index contributed by atoms with van der Waals surface area (Å²) in [6.07, 6.45) is 0.482. The number of likely N-dealkylation sites (tertiary alicyclic amines) is 1. The van der Waals surface area contributed by atoms with Crippen molar-refractivity contribution in [2.24, 2.45) is 5.92 Å². The molecule has 0 spiro atoms. The van der Waals surface area contributed by atoms with E-state index in [-0.39, 0.29) is 17.7 Å². The van der Waals surface area contributed by atoms with Gasteiger partial charge in [-0.25, -0.2) is 0 Å². The molecule has 84 valence electrons. The standard InChI is InChI=1S/C12H12INO2/c1-8-6-11(15)14(7-8)12(16)9-2-4-10(13)5-3-9/h2-5,8H,6-7H2,1H3. The van der Waals surface area contributed by atoms with Gasteiger partial charge >= 0.3 is 0 Å². The molecule has 1 unspecified atom stereocenters. The molecule has 0 aromatic heterocycles. The molecule has 1 aliphatic heterocycles. The first kappa shape index (κ1) is 11.6. The van der Waals surface area contributed by atoms with E-state index in [1.165, 1.54) is 4.90 Å². The number of rotatable bonds is 1. The molecule has 1 saturated heterocycles. The zero-order valence-electron chi connectivity index (χ0n) is 8.94. The van der Waals surface area contributed by atoms with Gasteiger partial charge in [0.1, 0.15) is 0 Å². The minimum absolute atomic E-state index is 0.0592. The summed E-state index contributed by atoms with van der Waals surface area (Å²) in [7, 11) is 0. The molecule has 2 rings (SSSR count). The van der Waals surface area contributed by atoms with E-state index >= 15 is 0 Å². The summed E-state index contributed by atoms with van der Waals surface area (Å²) in [5, 5.41) is 0. The number of carbonyl (C=O) groups excluding carboxylic acids is 2. The highest BCUT2D eigenvalue weighted by Crippen LogP contribution is 2.19. The van der Waals surface area contributed by atoms with E-state index in [1.54, 1.807) is 12.1 Å². The first-order valence-corrected chi connectivity index (χ1v) is 6.26. The maximum absolute atomic E-state index is 12.0. The van der Waals surface area contributed by atoms with E-state index < -0.39 is 0 Å². The molecule has 0 N–H and O–H groups in total. The van der Waals surface area contributed by atoms with Crippen LogP contribution < -0.4 is 0 Å². The van der Waals surface area contributed by atoms with Crippen molar-refractivity contribution in [2.75, 3.05) is 6.54 Å². The fraction of sp³-hybridized carbons (Fsp3) is 0.333. The zero-order chi connectivity index (χ0) is 11.7. The van der Waals surface area contributed by atoms with E-state index in [1.807, 2.05) is 19.1 Å². The molecule has 1 aliphatic rings. The number of imide groups is 1. The van der Waals surface area contributed by atoms with Crippen LogP contribution in [0.4, 0.5) is 0 Å². The molecule has 0 aliphatic carbocycles. The Morgan fingerprint density at radius 1 is 1.38 bits per heavy atom. The van der Waals surface area contributed by atoms with Crippen molar-refractivity contribution in [3.05, 3.63) is 33.4 Å². The Kier molecular flexibility index (Phi) is 3.28. The van der Waals surface area contributed by atoms with Crippen LogP contribution in [0.1, 0.15) is 23.7 Å². The van der Waals surface area contributed by atoms with Crippen LogP contribution in [-0.4, -0.2) is 23.3 Å². The van der Waals surface area contributed by atoms with Gasteiger partial charge in [-0.15, -0.1) is 0 Å². The van der Waals surface area contributed by atoms with E-state index in [9.17, 15) is 9.59 Å². The van der Waals surface area contributed by atoms with E-state index in [4.69, 9.17) is 0 Å². The molecule has 1 heterocycles. The van der Waals surface area contributed by atoms with Crippen molar-refractivity contribution >= 4 is 34.4 Å². The molecule has 1 aromatic rings. The minimum atomic E-state index is -0.175. The number of hydrogen-bond donors (Lipinski definition) is 0. The van der Waals surface area contributed by atoms with Gasteiger partial charge in [-0.2, -0.15) is 0 Å². The van der Waals surface area contributed by atoms with E-state index in [2.05, 4.69) is 22.6 Å². The van der Waals surface area contributed by atoms with Crippen molar-refractivity contribution in [2.45, 2.75) is 13.3 Å². The fourth-order valence-corrected chi connectivity index (χ4v) is 2.19. The Labute approximate surface area is 108 Å². The number of benzene rings is 1. The number of hydrogen-bond acceptors (Lipinski definition) is 2. The molecule has 0 radical (unpaired) electrons. The lowest BCUT2D eigenvalue weighted by molar-refractivity contribution is -0.125. The third kappa shape index (κ3) is 2.26. The SMILES string of the molecule is CC1CC(=O)N(C(=O)c2ccc(I)cc2)C1. The Morgan fingerprint density at radius 3 is 2.50 bits per heavy atom. The smallest absolute Gasteiger partial charge is 0.260 e. The van der Waals surface area contributed by atoms with Crippen LogP contribution in [-0.2, 0) is 4.79 Å². The van der Waals surface area contributed by atoms with Gasteiger partial charge in [-0.05, 0) is 52.8 Å². The number of amides is 2. The summed E-state index contributed by atoms with van der Waals surface area (Å²) < 4.78 is 1.08. The summed E-state index contributed by atoms with van der Waals surface area (Å²) in [4.78, 5) is 24.9. The normalized spacial score (nSPS) is 20.2. The van der Waals surface area contributed by atoms with Gasteiger partial charge in [0.25, 0.3) is 5.91 Å². The summed E-state index contributed by atoms with van der Waals surface area (Å²) in [5.41, 5.74) is 0.586. The molecule has 1 fully saturated rings. The monoisotopic (exact) mass is 329 g/mol. The lowest BCUT2D eigenvalue weighted by Gasteiger charge is -2.13. The molecule has 1 aromatic carbocycles. The number of carbonyl (C=O) groups is 2. The van der Waals surface area contributed by atoms with Gasteiger partial charge in [-0.3, -0.25) is 14.5 Å². The van der Waals surface area contributed by atoms with E-state index in [0.29, 0.717) is 18.5 Å². The van der Waals surface area contributed by atoms with Crippen LogP contribution in [0.5, 0.6) is 0 Å². The van der Waals surface area contributed by atoms with Gasteiger partial charge in [-0.1, -0.05) is 6.92 Å². The van der Waals surface area contributed by atoms with Crippen LogP contribution in [0.25, 0.3) is 0 Å². The van der Waals surface area contributed by atoms with Gasteiger partial charge in [0.15, 0.2) is 0 Å². The third-order valence-corrected chi connectivity index (χ3v) is 3.37. The summed E-state index contributed by atoms with van der Waals surface area (Å²) in [5.74, 6) is 0.0436. The van der Waals surface area contributed by atoms with Crippen molar-refractivity contribution in [3.8, 4) is 0 Å². The summed E-state index contributed by atoms with van der Waals surface area (Å²) in [6.45, 7) is 2.53. The second kappa shape index (κ2) is 4.53. The van der Waals surface area contributed by atoms with Crippen molar-refractivity contribution in [1.82, 2.24) is 4.90 Å². The molecule has 1 atom stereocenters. The van der Waals surface area contributed by atoms with Crippen LogP contribution in [0.3, 0.4) is 0 Å². The van der Waals surface area contributed by atoms with Gasteiger partial charge in [0.05, 0.1) is 0 Å². The molecular weight excluding hydrogens is 317 g/mol. The molecule has 2 amide bonds. The van der Waals surface area contributed by atoms with E-state index in [0.717, 1.165) is 3.57 Å². The van der Waals surface area contributed by atoms with Crippen molar-refractivity contribution < 1.29 is 9.59 Å².